The Bertz CT molecular complexity index is 926. The molecule has 0 amide bonds. The lowest BCUT2D eigenvalue weighted by Gasteiger charge is -2.34. The number of halogens is 5. The number of aryl methyl sites for hydroxylation is 1. The molecule has 0 saturated carbocycles. The maximum Gasteiger partial charge on any atom is 0.256 e. The van der Waals surface area contributed by atoms with Gasteiger partial charge in [-0.2, -0.15) is 0 Å². The summed E-state index contributed by atoms with van der Waals surface area (Å²) in [5.74, 6) is -1.60. The first kappa shape index (κ1) is 23.2. The Morgan fingerprint density at radius 2 is 1.59 bits per heavy atom. The molecule has 154 valence electrons. The second-order valence-electron chi connectivity index (χ2n) is 6.17. The van der Waals surface area contributed by atoms with E-state index >= 15 is 0 Å². The van der Waals surface area contributed by atoms with Crippen molar-refractivity contribution in [3.63, 3.8) is 0 Å². The van der Waals surface area contributed by atoms with Crippen LogP contribution in [-0.4, -0.2) is 17.9 Å². The van der Waals surface area contributed by atoms with E-state index in [9.17, 15) is 17.6 Å². The fraction of sp³-hybridized carbons (Fsp3) is 0.217. The molecule has 0 atom stereocenters. The van der Waals surface area contributed by atoms with Crippen LogP contribution in [0.5, 0.6) is 0 Å². The molecule has 29 heavy (non-hydrogen) atoms. The molecule has 1 aliphatic heterocycles. The Balaban J connectivity index is 0.00000145. The van der Waals surface area contributed by atoms with Gasteiger partial charge in [0.05, 0.1) is 17.8 Å². The topological polar surface area (TPSA) is 3.24 Å². The van der Waals surface area contributed by atoms with E-state index in [1.54, 1.807) is 37.3 Å². The zero-order valence-electron chi connectivity index (χ0n) is 16.4. The van der Waals surface area contributed by atoms with Gasteiger partial charge >= 0.3 is 0 Å². The molecule has 0 spiro atoms. The van der Waals surface area contributed by atoms with Gasteiger partial charge in [0.2, 0.25) is 0 Å². The minimum absolute atomic E-state index is 0.0573. The van der Waals surface area contributed by atoms with E-state index in [2.05, 4.69) is 6.58 Å². The molecule has 2 aromatic rings. The molecule has 6 heteroatoms. The van der Waals surface area contributed by atoms with Crippen molar-refractivity contribution in [1.82, 2.24) is 4.90 Å². The summed E-state index contributed by atoms with van der Waals surface area (Å²) in [7, 11) is 0. The van der Waals surface area contributed by atoms with Crippen LogP contribution in [0.1, 0.15) is 30.5 Å². The SMILES string of the molecule is C=C1C(I)=CC(c2ccccc2)=C(c2c(F)cc(C)cc2F)N1CC(F)F.CC. The van der Waals surface area contributed by atoms with Gasteiger partial charge in [-0.1, -0.05) is 50.8 Å². The van der Waals surface area contributed by atoms with Crippen molar-refractivity contribution in [3.8, 4) is 0 Å². The monoisotopic (exact) mass is 515 g/mol. The molecule has 0 unspecified atom stereocenters. The van der Waals surface area contributed by atoms with E-state index in [-0.39, 0.29) is 17.0 Å². The summed E-state index contributed by atoms with van der Waals surface area (Å²) < 4.78 is 56.8. The molecular formula is C23H22F4IN. The van der Waals surface area contributed by atoms with E-state index in [0.29, 0.717) is 20.3 Å². The van der Waals surface area contributed by atoms with Crippen molar-refractivity contribution in [2.24, 2.45) is 0 Å². The lowest BCUT2D eigenvalue weighted by atomic mass is 9.93. The van der Waals surface area contributed by atoms with Crippen LogP contribution < -0.4 is 0 Å². The zero-order chi connectivity index (χ0) is 21.7. The lowest BCUT2D eigenvalue weighted by Crippen LogP contribution is -2.30. The summed E-state index contributed by atoms with van der Waals surface area (Å²) >= 11 is 1.99. The summed E-state index contributed by atoms with van der Waals surface area (Å²) in [6.07, 6.45) is -0.985. The molecule has 0 N–H and O–H groups in total. The van der Waals surface area contributed by atoms with Gasteiger partial charge in [0.1, 0.15) is 11.6 Å². The maximum absolute atomic E-state index is 14.8. The van der Waals surface area contributed by atoms with Crippen molar-refractivity contribution in [2.75, 3.05) is 6.54 Å². The van der Waals surface area contributed by atoms with Gasteiger partial charge in [0.15, 0.2) is 0 Å². The zero-order valence-corrected chi connectivity index (χ0v) is 18.6. The van der Waals surface area contributed by atoms with Gasteiger partial charge in [-0.25, -0.2) is 17.6 Å². The highest BCUT2D eigenvalue weighted by molar-refractivity contribution is 14.1. The van der Waals surface area contributed by atoms with Gasteiger partial charge in [0.25, 0.3) is 6.43 Å². The second-order valence-corrected chi connectivity index (χ2v) is 7.33. The summed E-state index contributed by atoms with van der Waals surface area (Å²) in [4.78, 5) is 1.20. The van der Waals surface area contributed by atoms with Crippen LogP contribution in [0.2, 0.25) is 0 Å². The van der Waals surface area contributed by atoms with Gasteiger partial charge in [-0.3, -0.25) is 0 Å². The smallest absolute Gasteiger partial charge is 0.256 e. The van der Waals surface area contributed by atoms with E-state index in [1.165, 1.54) is 17.0 Å². The third-order valence-corrected chi connectivity index (χ3v) is 5.16. The van der Waals surface area contributed by atoms with Crippen molar-refractivity contribution < 1.29 is 17.6 Å². The fourth-order valence-electron chi connectivity index (χ4n) is 3.06. The van der Waals surface area contributed by atoms with Crippen molar-refractivity contribution in [3.05, 3.63) is 92.7 Å². The second kappa shape index (κ2) is 10.1. The number of hydrogen-bond donors (Lipinski definition) is 0. The number of alkyl halides is 2. The quantitative estimate of drug-likeness (QED) is 0.300. The molecule has 1 heterocycles. The van der Waals surface area contributed by atoms with E-state index < -0.39 is 24.6 Å². The first-order valence-corrected chi connectivity index (χ1v) is 10.3. The van der Waals surface area contributed by atoms with Gasteiger partial charge in [-0.05, 0) is 58.9 Å². The molecule has 2 aromatic carbocycles. The standard InChI is InChI=1S/C21H16F4IN.C2H6/c1-12-8-16(22)20(17(23)9-12)21-15(14-6-4-3-5-7-14)10-18(26)13(2)27(21)11-19(24)25;1-2/h3-10,19H,2,11H2,1H3;1-2H3. The first-order valence-electron chi connectivity index (χ1n) is 9.17. The Morgan fingerprint density at radius 3 is 2.10 bits per heavy atom. The highest BCUT2D eigenvalue weighted by atomic mass is 127. The molecule has 0 aromatic heterocycles. The number of benzene rings is 2. The van der Waals surface area contributed by atoms with Gasteiger partial charge in [0, 0.05) is 14.8 Å². The predicted octanol–water partition coefficient (Wildman–Crippen LogP) is 7.58. The minimum Gasteiger partial charge on any atom is -0.334 e. The Hall–Kier alpha value is -2.09. The summed E-state index contributed by atoms with van der Waals surface area (Å²) in [6.45, 7) is 8.71. The van der Waals surface area contributed by atoms with E-state index in [0.717, 1.165) is 0 Å². The lowest BCUT2D eigenvalue weighted by molar-refractivity contribution is 0.123. The van der Waals surface area contributed by atoms with Crippen molar-refractivity contribution in [1.29, 1.82) is 0 Å². The molecule has 1 nitrogen and oxygen atoms in total. The average molecular weight is 515 g/mol. The van der Waals surface area contributed by atoms with Crippen LogP contribution in [0.3, 0.4) is 0 Å². The number of allylic oxidation sites excluding steroid dienone is 3. The highest BCUT2D eigenvalue weighted by Crippen LogP contribution is 2.43. The number of hydrogen-bond acceptors (Lipinski definition) is 1. The number of rotatable bonds is 4. The van der Waals surface area contributed by atoms with Crippen LogP contribution in [-0.2, 0) is 0 Å². The Morgan fingerprint density at radius 1 is 1.03 bits per heavy atom. The van der Waals surface area contributed by atoms with E-state index in [4.69, 9.17) is 0 Å². The molecule has 3 rings (SSSR count). The van der Waals surface area contributed by atoms with Gasteiger partial charge < -0.3 is 4.90 Å². The molecule has 0 fully saturated rings. The number of nitrogens with zero attached hydrogens (tertiary/aromatic N) is 1. The third kappa shape index (κ3) is 5.10. The normalized spacial score (nSPS) is 14.0. The van der Waals surface area contributed by atoms with Crippen LogP contribution >= 0.6 is 22.6 Å². The first-order chi connectivity index (χ1) is 13.8. The average Bonchev–Trinajstić information content (AvgIpc) is 2.68. The molecule has 0 aliphatic carbocycles. The minimum atomic E-state index is -2.70. The Kier molecular flexibility index (Phi) is 8.07. The highest BCUT2D eigenvalue weighted by Gasteiger charge is 2.31. The van der Waals surface area contributed by atoms with Crippen molar-refractivity contribution in [2.45, 2.75) is 27.2 Å². The molecular weight excluding hydrogens is 493 g/mol. The van der Waals surface area contributed by atoms with Crippen LogP contribution in [0, 0.1) is 18.6 Å². The third-order valence-electron chi connectivity index (χ3n) is 4.23. The molecule has 1 aliphatic rings. The van der Waals surface area contributed by atoms with Crippen molar-refractivity contribution >= 4 is 33.9 Å². The summed E-state index contributed by atoms with van der Waals surface area (Å²) in [5.41, 5.74) is 1.56. The molecule has 0 saturated heterocycles. The predicted molar refractivity (Wildman–Crippen MR) is 120 cm³/mol. The summed E-state index contributed by atoms with van der Waals surface area (Å²) in [6, 6.07) is 11.3. The largest absolute Gasteiger partial charge is 0.334 e. The summed E-state index contributed by atoms with van der Waals surface area (Å²) in [5, 5.41) is 0. The fourth-order valence-corrected chi connectivity index (χ4v) is 3.66. The molecule has 0 radical (unpaired) electrons. The Labute approximate surface area is 182 Å². The van der Waals surface area contributed by atoms with Crippen LogP contribution in [0.15, 0.2) is 64.4 Å². The maximum atomic E-state index is 14.8. The van der Waals surface area contributed by atoms with Crippen LogP contribution in [0.25, 0.3) is 11.3 Å². The molecule has 0 bridgehead atoms. The van der Waals surface area contributed by atoms with Gasteiger partial charge in [-0.15, -0.1) is 0 Å². The van der Waals surface area contributed by atoms with Crippen LogP contribution in [0.4, 0.5) is 17.6 Å². The van der Waals surface area contributed by atoms with E-state index in [1.807, 2.05) is 42.5 Å².